The van der Waals surface area contributed by atoms with Gasteiger partial charge in [-0.25, -0.2) is 12.4 Å². The van der Waals surface area contributed by atoms with E-state index in [0.29, 0.717) is 11.4 Å². The largest absolute Gasteiger partial charge is 0.339 e. The molecule has 0 amide bonds. The van der Waals surface area contributed by atoms with Gasteiger partial charge in [0.15, 0.2) is 5.82 Å². The monoisotopic (exact) mass is 414 g/mol. The molecular formula is C21H26N4O3S. The zero-order chi connectivity index (χ0) is 20.4. The second kappa shape index (κ2) is 8.12. The molecule has 1 saturated heterocycles. The molecule has 154 valence electrons. The van der Waals surface area contributed by atoms with Crippen LogP contribution in [0.25, 0.3) is 0 Å². The maximum absolute atomic E-state index is 13.0. The summed E-state index contributed by atoms with van der Waals surface area (Å²) in [6, 6.07) is 12.2. The van der Waals surface area contributed by atoms with Crippen molar-refractivity contribution in [1.29, 1.82) is 0 Å². The van der Waals surface area contributed by atoms with Gasteiger partial charge in [-0.05, 0) is 50.2 Å². The molecule has 0 unspecified atom stereocenters. The van der Waals surface area contributed by atoms with Crippen molar-refractivity contribution in [2.75, 3.05) is 13.1 Å². The minimum Gasteiger partial charge on any atom is -0.339 e. The summed E-state index contributed by atoms with van der Waals surface area (Å²) in [6.07, 6.45) is 3.47. The molecule has 0 atom stereocenters. The predicted octanol–water partition coefficient (Wildman–Crippen LogP) is 3.61. The molecular weight excluding hydrogens is 388 g/mol. The van der Waals surface area contributed by atoms with E-state index >= 15 is 0 Å². The smallest absolute Gasteiger partial charge is 0.267 e. The van der Waals surface area contributed by atoms with Crippen molar-refractivity contribution in [3.05, 3.63) is 66.1 Å². The van der Waals surface area contributed by atoms with Gasteiger partial charge in [-0.15, -0.1) is 0 Å². The van der Waals surface area contributed by atoms with Crippen LogP contribution in [0.2, 0.25) is 0 Å². The van der Waals surface area contributed by atoms with Crippen LogP contribution >= 0.6 is 0 Å². The number of nitrogens with zero attached hydrogens (tertiary/aromatic N) is 4. The lowest BCUT2D eigenvalue weighted by Gasteiger charge is -2.30. The molecule has 2 aromatic heterocycles. The minimum atomic E-state index is -3.58. The Balaban J connectivity index is 1.42. The van der Waals surface area contributed by atoms with Gasteiger partial charge in [0.2, 0.25) is 5.89 Å². The van der Waals surface area contributed by atoms with Gasteiger partial charge in [0.1, 0.15) is 0 Å². The van der Waals surface area contributed by atoms with E-state index in [2.05, 4.69) is 28.9 Å². The van der Waals surface area contributed by atoms with Gasteiger partial charge in [0, 0.05) is 30.3 Å². The van der Waals surface area contributed by atoms with E-state index in [1.54, 1.807) is 36.5 Å². The normalized spacial score (nSPS) is 16.5. The van der Waals surface area contributed by atoms with Crippen LogP contribution in [-0.4, -0.2) is 40.5 Å². The van der Waals surface area contributed by atoms with Crippen LogP contribution in [0.5, 0.6) is 0 Å². The van der Waals surface area contributed by atoms with Crippen LogP contribution in [0.1, 0.15) is 55.9 Å². The maximum atomic E-state index is 13.0. The second-order valence-corrected chi connectivity index (χ2v) is 9.62. The molecule has 1 fully saturated rings. The highest BCUT2D eigenvalue weighted by Crippen LogP contribution is 2.29. The summed E-state index contributed by atoms with van der Waals surface area (Å²) in [5.74, 6) is 2.01. The molecule has 0 N–H and O–H groups in total. The van der Waals surface area contributed by atoms with E-state index in [0.717, 1.165) is 43.3 Å². The highest BCUT2D eigenvalue weighted by Gasteiger charge is 2.27. The average molecular weight is 415 g/mol. The third kappa shape index (κ3) is 4.13. The van der Waals surface area contributed by atoms with Gasteiger partial charge in [-0.3, -0.25) is 4.90 Å². The first-order valence-corrected chi connectivity index (χ1v) is 11.4. The highest BCUT2D eigenvalue weighted by atomic mass is 32.2. The van der Waals surface area contributed by atoms with Crippen molar-refractivity contribution in [2.24, 2.45) is 0 Å². The van der Waals surface area contributed by atoms with Crippen molar-refractivity contribution in [3.8, 4) is 0 Å². The van der Waals surface area contributed by atoms with Crippen molar-refractivity contribution in [3.63, 3.8) is 0 Å². The van der Waals surface area contributed by atoms with Crippen molar-refractivity contribution < 1.29 is 12.9 Å². The lowest BCUT2D eigenvalue weighted by molar-refractivity contribution is 0.185. The molecule has 0 aliphatic carbocycles. The van der Waals surface area contributed by atoms with Crippen molar-refractivity contribution >= 4 is 10.0 Å². The van der Waals surface area contributed by atoms with Gasteiger partial charge in [0.05, 0.1) is 4.90 Å². The fourth-order valence-electron chi connectivity index (χ4n) is 3.68. The molecule has 1 aliphatic heterocycles. The average Bonchev–Trinajstić information content (AvgIpc) is 3.39. The molecule has 7 nitrogen and oxygen atoms in total. The second-order valence-electron chi connectivity index (χ2n) is 7.81. The molecule has 1 aliphatic rings. The maximum Gasteiger partial charge on any atom is 0.267 e. The molecule has 0 saturated carbocycles. The Morgan fingerprint density at radius 1 is 1.10 bits per heavy atom. The van der Waals surface area contributed by atoms with Crippen LogP contribution < -0.4 is 0 Å². The summed E-state index contributed by atoms with van der Waals surface area (Å²) >= 11 is 0. The molecule has 29 heavy (non-hydrogen) atoms. The van der Waals surface area contributed by atoms with Gasteiger partial charge >= 0.3 is 0 Å². The molecule has 0 radical (unpaired) electrons. The fraction of sp³-hybridized carbons (Fsp3) is 0.429. The third-order valence-corrected chi connectivity index (χ3v) is 7.13. The number of hydrogen-bond acceptors (Lipinski definition) is 6. The highest BCUT2D eigenvalue weighted by molar-refractivity contribution is 7.90. The third-order valence-electron chi connectivity index (χ3n) is 5.39. The van der Waals surface area contributed by atoms with E-state index < -0.39 is 10.0 Å². The number of benzene rings is 1. The van der Waals surface area contributed by atoms with E-state index in [1.807, 2.05) is 12.1 Å². The standard InChI is InChI=1S/C21H26N4O3S/c1-16(2)20-22-21(28-23-20)17-10-13-24(14-11-17)15-18-7-6-12-25(18)29(26,27)19-8-4-3-5-9-19/h3-9,12,16-17H,10-11,13-15H2,1-2H3. The first kappa shape index (κ1) is 19.8. The number of aromatic nitrogens is 3. The molecule has 3 heterocycles. The summed E-state index contributed by atoms with van der Waals surface area (Å²) in [7, 11) is -3.58. The first-order valence-electron chi connectivity index (χ1n) is 9.98. The lowest BCUT2D eigenvalue weighted by Crippen LogP contribution is -2.33. The summed E-state index contributed by atoms with van der Waals surface area (Å²) in [6.45, 7) is 6.42. The van der Waals surface area contributed by atoms with Gasteiger partial charge < -0.3 is 4.52 Å². The Labute approximate surface area is 171 Å². The summed E-state index contributed by atoms with van der Waals surface area (Å²) in [4.78, 5) is 7.11. The number of likely N-dealkylation sites (tertiary alicyclic amines) is 1. The molecule has 4 rings (SSSR count). The molecule has 1 aromatic carbocycles. The summed E-state index contributed by atoms with van der Waals surface area (Å²) in [5.41, 5.74) is 0.771. The number of hydrogen-bond donors (Lipinski definition) is 0. The number of piperidine rings is 1. The Morgan fingerprint density at radius 2 is 1.83 bits per heavy atom. The van der Waals surface area contributed by atoms with E-state index in [-0.39, 0.29) is 11.8 Å². The zero-order valence-electron chi connectivity index (χ0n) is 16.7. The van der Waals surface area contributed by atoms with Crippen molar-refractivity contribution in [1.82, 2.24) is 19.0 Å². The summed E-state index contributed by atoms with van der Waals surface area (Å²) < 4.78 is 32.8. The van der Waals surface area contributed by atoms with Gasteiger partial charge in [-0.2, -0.15) is 4.98 Å². The van der Waals surface area contributed by atoms with Gasteiger partial charge in [-0.1, -0.05) is 37.2 Å². The van der Waals surface area contributed by atoms with E-state index in [9.17, 15) is 8.42 Å². The van der Waals surface area contributed by atoms with Crippen LogP contribution in [0.3, 0.4) is 0 Å². The van der Waals surface area contributed by atoms with Crippen molar-refractivity contribution in [2.45, 2.75) is 50.0 Å². The zero-order valence-corrected chi connectivity index (χ0v) is 17.5. The van der Waals surface area contributed by atoms with E-state index in [1.165, 1.54) is 3.97 Å². The molecule has 8 heteroatoms. The predicted molar refractivity (Wildman–Crippen MR) is 109 cm³/mol. The van der Waals surface area contributed by atoms with Crippen LogP contribution in [0.15, 0.2) is 58.1 Å². The molecule has 0 bridgehead atoms. The Kier molecular flexibility index (Phi) is 5.56. The quantitative estimate of drug-likeness (QED) is 0.613. The fourth-order valence-corrected chi connectivity index (χ4v) is 5.07. The Bertz CT molecular complexity index is 1050. The van der Waals surface area contributed by atoms with E-state index in [4.69, 9.17) is 4.52 Å². The van der Waals surface area contributed by atoms with Gasteiger partial charge in [0.25, 0.3) is 10.0 Å². The topological polar surface area (TPSA) is 81.2 Å². The Morgan fingerprint density at radius 3 is 2.48 bits per heavy atom. The van der Waals surface area contributed by atoms with Crippen LogP contribution in [0.4, 0.5) is 0 Å². The Hall–Kier alpha value is -2.45. The molecule has 0 spiro atoms. The molecule has 3 aromatic rings. The van der Waals surface area contributed by atoms with Crippen LogP contribution in [0, 0.1) is 0 Å². The summed E-state index contributed by atoms with van der Waals surface area (Å²) in [5, 5.41) is 4.07. The SMILES string of the molecule is CC(C)c1noc(C2CCN(Cc3cccn3S(=O)(=O)c3ccccc3)CC2)n1. The number of rotatable bonds is 6. The lowest BCUT2D eigenvalue weighted by atomic mass is 9.96. The minimum absolute atomic E-state index is 0.256. The first-order chi connectivity index (χ1) is 13.9. The van der Waals surface area contributed by atoms with Crippen LogP contribution in [-0.2, 0) is 16.6 Å².